The van der Waals surface area contributed by atoms with E-state index < -0.39 is 5.97 Å². The first-order chi connectivity index (χ1) is 9.50. The summed E-state index contributed by atoms with van der Waals surface area (Å²) in [4.78, 5) is 23.3. The number of benzene rings is 1. The van der Waals surface area contributed by atoms with E-state index in [4.69, 9.17) is 9.84 Å². The van der Waals surface area contributed by atoms with Crippen molar-refractivity contribution in [2.75, 3.05) is 26.7 Å². The van der Waals surface area contributed by atoms with Gasteiger partial charge in [-0.3, -0.25) is 4.79 Å². The number of aryl methyl sites for hydroxylation is 1. The molecule has 6 nitrogen and oxygen atoms in total. The van der Waals surface area contributed by atoms with Crippen molar-refractivity contribution in [3.63, 3.8) is 0 Å². The largest absolute Gasteiger partial charge is 0.491 e. The molecule has 0 bridgehead atoms. The van der Waals surface area contributed by atoms with Crippen molar-refractivity contribution in [2.45, 2.75) is 13.3 Å². The minimum Gasteiger partial charge on any atom is -0.491 e. The third-order valence-electron chi connectivity index (χ3n) is 2.74. The lowest BCUT2D eigenvalue weighted by Gasteiger charge is -2.17. The molecule has 1 rings (SSSR count). The van der Waals surface area contributed by atoms with Crippen LogP contribution in [0.4, 0.5) is 4.79 Å². The zero-order valence-electron chi connectivity index (χ0n) is 11.8. The van der Waals surface area contributed by atoms with Gasteiger partial charge >= 0.3 is 12.0 Å². The summed E-state index contributed by atoms with van der Waals surface area (Å²) in [5.74, 6) is -0.131. The molecule has 1 aromatic rings. The van der Waals surface area contributed by atoms with Gasteiger partial charge in [-0.1, -0.05) is 18.2 Å². The van der Waals surface area contributed by atoms with E-state index in [-0.39, 0.29) is 19.0 Å². The lowest BCUT2D eigenvalue weighted by Crippen LogP contribution is -2.40. The number of carbonyl (C=O) groups excluding carboxylic acids is 1. The van der Waals surface area contributed by atoms with Crippen molar-refractivity contribution in [1.82, 2.24) is 10.2 Å². The summed E-state index contributed by atoms with van der Waals surface area (Å²) >= 11 is 0. The second-order valence-electron chi connectivity index (χ2n) is 4.41. The Bertz CT molecular complexity index is 462. The molecule has 0 saturated carbocycles. The Hall–Kier alpha value is -2.24. The van der Waals surface area contributed by atoms with Crippen LogP contribution in [-0.2, 0) is 4.79 Å². The summed E-state index contributed by atoms with van der Waals surface area (Å²) in [5.41, 5.74) is 1.04. The predicted molar refractivity (Wildman–Crippen MR) is 75.0 cm³/mol. The van der Waals surface area contributed by atoms with E-state index in [9.17, 15) is 9.59 Å². The Balaban J connectivity index is 2.22. The fraction of sp³-hybridized carbons (Fsp3) is 0.429. The number of hydrogen-bond donors (Lipinski definition) is 2. The van der Waals surface area contributed by atoms with Crippen molar-refractivity contribution < 1.29 is 19.4 Å². The molecule has 2 N–H and O–H groups in total. The Morgan fingerprint density at radius 2 is 2.05 bits per heavy atom. The molecule has 110 valence electrons. The molecule has 0 aliphatic rings. The molecular weight excluding hydrogens is 260 g/mol. The first-order valence-electron chi connectivity index (χ1n) is 6.40. The zero-order valence-corrected chi connectivity index (χ0v) is 11.8. The number of nitrogens with one attached hydrogen (secondary N) is 1. The number of urea groups is 1. The quantitative estimate of drug-likeness (QED) is 0.742. The molecule has 0 aliphatic carbocycles. The molecule has 6 heteroatoms. The molecule has 0 fully saturated rings. The lowest BCUT2D eigenvalue weighted by molar-refractivity contribution is -0.137. The van der Waals surface area contributed by atoms with Crippen LogP contribution in [0.15, 0.2) is 24.3 Å². The van der Waals surface area contributed by atoms with E-state index in [0.29, 0.717) is 13.2 Å². The molecule has 0 aliphatic heterocycles. The number of hydrogen-bond acceptors (Lipinski definition) is 3. The highest BCUT2D eigenvalue weighted by atomic mass is 16.5. The van der Waals surface area contributed by atoms with Crippen LogP contribution in [0.5, 0.6) is 5.75 Å². The smallest absolute Gasteiger partial charge is 0.317 e. The van der Waals surface area contributed by atoms with E-state index in [0.717, 1.165) is 11.3 Å². The van der Waals surface area contributed by atoms with Crippen molar-refractivity contribution in [1.29, 1.82) is 0 Å². The molecule has 0 saturated heterocycles. The summed E-state index contributed by atoms with van der Waals surface area (Å²) in [6.45, 7) is 2.86. The maximum atomic E-state index is 11.6. The average molecular weight is 280 g/mol. The van der Waals surface area contributed by atoms with Crippen LogP contribution >= 0.6 is 0 Å². The highest BCUT2D eigenvalue weighted by Gasteiger charge is 2.09. The minimum atomic E-state index is -0.924. The number of carboxylic acids is 1. The highest BCUT2D eigenvalue weighted by Crippen LogP contribution is 2.15. The second kappa shape index (κ2) is 8.04. The average Bonchev–Trinajstić information content (AvgIpc) is 2.42. The van der Waals surface area contributed by atoms with Crippen LogP contribution in [0.25, 0.3) is 0 Å². The van der Waals surface area contributed by atoms with Gasteiger partial charge in [0.25, 0.3) is 0 Å². The number of amides is 2. The van der Waals surface area contributed by atoms with Gasteiger partial charge in [0.05, 0.1) is 13.0 Å². The number of nitrogens with zero attached hydrogens (tertiary/aromatic N) is 1. The van der Waals surface area contributed by atoms with Gasteiger partial charge in [-0.2, -0.15) is 0 Å². The first-order valence-corrected chi connectivity index (χ1v) is 6.40. The minimum absolute atomic E-state index is 0.0658. The highest BCUT2D eigenvalue weighted by molar-refractivity contribution is 5.74. The Morgan fingerprint density at radius 1 is 1.35 bits per heavy atom. The topological polar surface area (TPSA) is 78.9 Å². The van der Waals surface area contributed by atoms with Crippen LogP contribution in [0.3, 0.4) is 0 Å². The zero-order chi connectivity index (χ0) is 15.0. The van der Waals surface area contributed by atoms with Gasteiger partial charge in [0.1, 0.15) is 12.4 Å². The van der Waals surface area contributed by atoms with E-state index in [2.05, 4.69) is 5.32 Å². The van der Waals surface area contributed by atoms with Gasteiger partial charge in [0.2, 0.25) is 0 Å². The summed E-state index contributed by atoms with van der Waals surface area (Å²) in [6, 6.07) is 7.34. The number of para-hydroxylation sites is 1. The Morgan fingerprint density at radius 3 is 2.70 bits per heavy atom. The summed E-state index contributed by atoms with van der Waals surface area (Å²) in [6.07, 6.45) is -0.0658. The molecule has 0 heterocycles. The van der Waals surface area contributed by atoms with Gasteiger partial charge in [-0.05, 0) is 18.6 Å². The summed E-state index contributed by atoms with van der Waals surface area (Å²) in [7, 11) is 1.56. The second-order valence-corrected chi connectivity index (χ2v) is 4.41. The standard InChI is InChI=1S/C14H20N2O4/c1-11-5-3-4-6-12(11)20-10-8-15-14(19)16(2)9-7-13(17)18/h3-6H,7-10H2,1-2H3,(H,15,19)(H,17,18). The van der Waals surface area contributed by atoms with Crippen molar-refractivity contribution in [2.24, 2.45) is 0 Å². The van der Waals surface area contributed by atoms with E-state index in [1.165, 1.54) is 4.90 Å². The molecule has 0 atom stereocenters. The van der Waals surface area contributed by atoms with E-state index in [1.807, 2.05) is 31.2 Å². The molecule has 2 amide bonds. The first kappa shape index (κ1) is 15.8. The number of carbonyl (C=O) groups is 2. The van der Waals surface area contributed by atoms with Gasteiger partial charge in [-0.15, -0.1) is 0 Å². The number of aliphatic carboxylic acids is 1. The molecule has 0 spiro atoms. The number of rotatable bonds is 7. The van der Waals surface area contributed by atoms with E-state index in [1.54, 1.807) is 7.05 Å². The molecule has 0 aromatic heterocycles. The van der Waals surface area contributed by atoms with Crippen LogP contribution in [-0.4, -0.2) is 48.8 Å². The maximum absolute atomic E-state index is 11.6. The van der Waals surface area contributed by atoms with Crippen LogP contribution < -0.4 is 10.1 Å². The monoisotopic (exact) mass is 280 g/mol. The Labute approximate surface area is 118 Å². The molecule has 20 heavy (non-hydrogen) atoms. The van der Waals surface area contributed by atoms with E-state index >= 15 is 0 Å². The van der Waals surface area contributed by atoms with Crippen molar-refractivity contribution >= 4 is 12.0 Å². The SMILES string of the molecule is Cc1ccccc1OCCNC(=O)N(C)CCC(=O)O. The van der Waals surface area contributed by atoms with Crippen molar-refractivity contribution in [3.05, 3.63) is 29.8 Å². The third-order valence-corrected chi connectivity index (χ3v) is 2.74. The predicted octanol–water partition coefficient (Wildman–Crippen LogP) is 1.49. The fourth-order valence-electron chi connectivity index (χ4n) is 1.54. The maximum Gasteiger partial charge on any atom is 0.317 e. The fourth-order valence-corrected chi connectivity index (χ4v) is 1.54. The van der Waals surface area contributed by atoms with Gasteiger partial charge in [0, 0.05) is 13.6 Å². The van der Waals surface area contributed by atoms with Crippen LogP contribution in [0, 0.1) is 6.92 Å². The van der Waals surface area contributed by atoms with Gasteiger partial charge < -0.3 is 20.1 Å². The van der Waals surface area contributed by atoms with Crippen LogP contribution in [0.2, 0.25) is 0 Å². The molecule has 0 unspecified atom stereocenters. The van der Waals surface area contributed by atoms with Gasteiger partial charge in [0.15, 0.2) is 0 Å². The molecule has 1 aromatic carbocycles. The Kier molecular flexibility index (Phi) is 6.36. The van der Waals surface area contributed by atoms with Crippen LogP contribution in [0.1, 0.15) is 12.0 Å². The lowest BCUT2D eigenvalue weighted by atomic mass is 10.2. The van der Waals surface area contributed by atoms with Crippen molar-refractivity contribution in [3.8, 4) is 5.75 Å². The normalized spacial score (nSPS) is 9.90. The number of carboxylic acid groups (broad SMARTS) is 1. The van der Waals surface area contributed by atoms with Gasteiger partial charge in [-0.25, -0.2) is 4.79 Å². The number of ether oxygens (including phenoxy) is 1. The summed E-state index contributed by atoms with van der Waals surface area (Å²) in [5, 5.41) is 11.2. The summed E-state index contributed by atoms with van der Waals surface area (Å²) < 4.78 is 5.54. The third kappa shape index (κ3) is 5.60. The molecule has 0 radical (unpaired) electrons. The molecular formula is C14H20N2O4.